The van der Waals surface area contributed by atoms with Gasteiger partial charge in [-0.05, 0) is 12.1 Å². The van der Waals surface area contributed by atoms with Crippen LogP contribution in [0.15, 0.2) is 37.1 Å². The summed E-state index contributed by atoms with van der Waals surface area (Å²) in [5.74, 6) is -0.125. The van der Waals surface area contributed by atoms with E-state index in [0.717, 1.165) is 11.1 Å². The van der Waals surface area contributed by atoms with E-state index in [0.29, 0.717) is 17.8 Å². The van der Waals surface area contributed by atoms with E-state index in [9.17, 15) is 4.79 Å². The molecule has 3 rings (SSSR count). The molecule has 6 heteroatoms. The number of hydrogen-bond acceptors (Lipinski definition) is 3. The summed E-state index contributed by atoms with van der Waals surface area (Å²) in [5.41, 5.74) is 2.27. The van der Waals surface area contributed by atoms with Crippen LogP contribution in [-0.2, 0) is 13.6 Å². The van der Waals surface area contributed by atoms with Crippen molar-refractivity contribution in [3.63, 3.8) is 0 Å². The van der Waals surface area contributed by atoms with Crippen LogP contribution in [0.4, 0.5) is 0 Å². The summed E-state index contributed by atoms with van der Waals surface area (Å²) in [7, 11) is 1.89. The predicted octanol–water partition coefficient (Wildman–Crippen LogP) is 1.23. The lowest BCUT2D eigenvalue weighted by molar-refractivity contribution is 0.0952. The molecule has 0 unspecified atom stereocenters. The van der Waals surface area contributed by atoms with Crippen LogP contribution >= 0.6 is 0 Å². The number of carbonyl (C=O) groups excluding carboxylic acids is 1. The number of aryl methyl sites for hydroxylation is 1. The number of rotatable bonds is 3. The van der Waals surface area contributed by atoms with Crippen LogP contribution in [0.5, 0.6) is 0 Å². The molecule has 6 nitrogen and oxygen atoms in total. The first-order chi connectivity index (χ1) is 9.25. The number of fused-ring (bicyclic) bond motifs is 1. The number of nitrogens with one attached hydrogen (secondary N) is 2. The molecule has 0 saturated carbocycles. The molecule has 2 N–H and O–H groups in total. The van der Waals surface area contributed by atoms with Gasteiger partial charge in [0.2, 0.25) is 0 Å². The Kier molecular flexibility index (Phi) is 2.75. The third kappa shape index (κ3) is 2.08. The Morgan fingerprint density at radius 1 is 1.53 bits per heavy atom. The molecule has 0 atom stereocenters. The van der Waals surface area contributed by atoms with E-state index < -0.39 is 0 Å². The van der Waals surface area contributed by atoms with E-state index in [1.165, 1.54) is 0 Å². The average molecular weight is 255 g/mol. The van der Waals surface area contributed by atoms with Crippen molar-refractivity contribution in [1.82, 2.24) is 24.8 Å². The van der Waals surface area contributed by atoms with Gasteiger partial charge in [0.15, 0.2) is 0 Å². The van der Waals surface area contributed by atoms with Crippen LogP contribution in [0.3, 0.4) is 0 Å². The number of nitrogens with zero attached hydrogens (tertiary/aromatic N) is 3. The Bertz CT molecular complexity index is 727. The van der Waals surface area contributed by atoms with Gasteiger partial charge in [0, 0.05) is 31.0 Å². The van der Waals surface area contributed by atoms with Crippen molar-refractivity contribution >= 4 is 16.9 Å². The second-order valence-electron chi connectivity index (χ2n) is 4.28. The largest absolute Gasteiger partial charge is 0.346 e. The normalized spacial score (nSPS) is 10.8. The van der Waals surface area contributed by atoms with Crippen LogP contribution in [0.2, 0.25) is 0 Å². The van der Waals surface area contributed by atoms with Crippen molar-refractivity contribution in [1.29, 1.82) is 0 Å². The fraction of sp³-hybridized carbons (Fsp3) is 0.154. The number of H-pyrrole nitrogens is 1. The topological polar surface area (TPSA) is 75.6 Å². The fourth-order valence-electron chi connectivity index (χ4n) is 1.96. The van der Waals surface area contributed by atoms with Crippen molar-refractivity contribution in [3.8, 4) is 0 Å². The molecule has 0 radical (unpaired) electrons. The molecule has 0 aliphatic heterocycles. The van der Waals surface area contributed by atoms with Crippen LogP contribution in [0, 0.1) is 0 Å². The van der Waals surface area contributed by atoms with E-state index in [1.807, 2.05) is 23.7 Å². The summed E-state index contributed by atoms with van der Waals surface area (Å²) >= 11 is 0. The van der Waals surface area contributed by atoms with E-state index >= 15 is 0 Å². The summed E-state index contributed by atoms with van der Waals surface area (Å²) in [6.45, 7) is 0.447. The zero-order valence-electron chi connectivity index (χ0n) is 10.4. The van der Waals surface area contributed by atoms with Gasteiger partial charge in [-0.15, -0.1) is 0 Å². The van der Waals surface area contributed by atoms with Crippen molar-refractivity contribution in [2.75, 3.05) is 0 Å². The summed E-state index contributed by atoms with van der Waals surface area (Å²) < 4.78 is 1.87. The van der Waals surface area contributed by atoms with Gasteiger partial charge >= 0.3 is 0 Å². The van der Waals surface area contributed by atoms with Gasteiger partial charge in [0.25, 0.3) is 5.91 Å². The first-order valence-electron chi connectivity index (χ1n) is 5.91. The van der Waals surface area contributed by atoms with E-state index in [1.54, 1.807) is 24.9 Å². The molecule has 0 aliphatic rings. The Hall–Kier alpha value is -2.63. The fourth-order valence-corrected chi connectivity index (χ4v) is 1.96. The molecule has 0 spiro atoms. The summed E-state index contributed by atoms with van der Waals surface area (Å²) in [5, 5.41) is 3.70. The van der Waals surface area contributed by atoms with Gasteiger partial charge in [-0.3, -0.25) is 4.79 Å². The number of amides is 1. The molecule has 0 saturated heterocycles. The van der Waals surface area contributed by atoms with E-state index in [4.69, 9.17) is 0 Å². The van der Waals surface area contributed by atoms with Crippen LogP contribution in [0.1, 0.15) is 16.1 Å². The maximum Gasteiger partial charge on any atom is 0.253 e. The predicted molar refractivity (Wildman–Crippen MR) is 70.5 cm³/mol. The lowest BCUT2D eigenvalue weighted by Crippen LogP contribution is -2.23. The Balaban J connectivity index is 1.79. The molecule has 3 heterocycles. The van der Waals surface area contributed by atoms with E-state index in [2.05, 4.69) is 20.3 Å². The summed E-state index contributed by atoms with van der Waals surface area (Å²) in [6, 6.07) is 3.69. The molecule has 0 fully saturated rings. The highest BCUT2D eigenvalue weighted by atomic mass is 16.1. The Morgan fingerprint density at radius 3 is 3.21 bits per heavy atom. The second-order valence-corrected chi connectivity index (χ2v) is 4.28. The average Bonchev–Trinajstić information content (AvgIpc) is 3.02. The minimum atomic E-state index is -0.125. The van der Waals surface area contributed by atoms with Gasteiger partial charge < -0.3 is 14.9 Å². The van der Waals surface area contributed by atoms with Gasteiger partial charge in [0.05, 0.1) is 24.1 Å². The lowest BCUT2D eigenvalue weighted by Gasteiger charge is -2.04. The van der Waals surface area contributed by atoms with Gasteiger partial charge in [-0.1, -0.05) is 0 Å². The molecular formula is C13H13N5O. The number of aromatic nitrogens is 4. The molecular weight excluding hydrogens is 242 g/mol. The second kappa shape index (κ2) is 4.56. The zero-order valence-corrected chi connectivity index (χ0v) is 10.4. The number of aromatic amines is 1. The van der Waals surface area contributed by atoms with E-state index in [-0.39, 0.29) is 5.91 Å². The third-order valence-electron chi connectivity index (χ3n) is 3.04. The maximum absolute atomic E-state index is 12.1. The van der Waals surface area contributed by atoms with Crippen LogP contribution < -0.4 is 5.32 Å². The van der Waals surface area contributed by atoms with Crippen LogP contribution in [-0.4, -0.2) is 25.4 Å². The number of hydrogen-bond donors (Lipinski definition) is 2. The lowest BCUT2D eigenvalue weighted by atomic mass is 10.2. The highest BCUT2D eigenvalue weighted by molar-refractivity contribution is 6.05. The highest BCUT2D eigenvalue weighted by Gasteiger charge is 2.12. The minimum Gasteiger partial charge on any atom is -0.346 e. The van der Waals surface area contributed by atoms with Gasteiger partial charge in [-0.25, -0.2) is 9.97 Å². The quantitative estimate of drug-likeness (QED) is 0.739. The smallest absolute Gasteiger partial charge is 0.253 e. The third-order valence-corrected chi connectivity index (χ3v) is 3.04. The molecule has 3 aromatic rings. The van der Waals surface area contributed by atoms with Crippen molar-refractivity contribution < 1.29 is 4.79 Å². The monoisotopic (exact) mass is 255 g/mol. The molecule has 0 aliphatic carbocycles. The Labute approximate surface area is 109 Å². The zero-order chi connectivity index (χ0) is 13.2. The highest BCUT2D eigenvalue weighted by Crippen LogP contribution is 2.15. The molecule has 1 amide bonds. The number of imidazole rings is 1. The van der Waals surface area contributed by atoms with Crippen molar-refractivity contribution in [3.05, 3.63) is 48.3 Å². The van der Waals surface area contributed by atoms with Gasteiger partial charge in [0.1, 0.15) is 5.65 Å². The van der Waals surface area contributed by atoms with Crippen molar-refractivity contribution in [2.45, 2.75) is 6.54 Å². The maximum atomic E-state index is 12.1. The first kappa shape index (κ1) is 11.5. The number of carbonyl (C=O) groups is 1. The van der Waals surface area contributed by atoms with Crippen LogP contribution in [0.25, 0.3) is 11.0 Å². The standard InChI is InChI=1S/C13H13N5O/c1-18-8-14-5-9(18)6-17-13(19)11-7-16-12-10(11)3-2-4-15-12/h2-5,7-8H,6H2,1H3,(H,15,16)(H,17,19). The number of pyridine rings is 1. The molecule has 0 bridgehead atoms. The minimum absolute atomic E-state index is 0.125. The molecule has 19 heavy (non-hydrogen) atoms. The molecule has 0 aromatic carbocycles. The summed E-state index contributed by atoms with van der Waals surface area (Å²) in [6.07, 6.45) is 6.81. The SMILES string of the molecule is Cn1cncc1CNC(=O)c1c[nH]c2ncccc12. The van der Waals surface area contributed by atoms with Crippen molar-refractivity contribution in [2.24, 2.45) is 7.05 Å². The Morgan fingerprint density at radius 2 is 2.42 bits per heavy atom. The first-order valence-corrected chi connectivity index (χ1v) is 5.91. The van der Waals surface area contributed by atoms with Gasteiger partial charge in [-0.2, -0.15) is 0 Å². The summed E-state index contributed by atoms with van der Waals surface area (Å²) in [4.78, 5) is 23.3. The molecule has 96 valence electrons. The molecule has 3 aromatic heterocycles.